The van der Waals surface area contributed by atoms with E-state index >= 15 is 0 Å². The lowest BCUT2D eigenvalue weighted by molar-refractivity contribution is 0.414. The first-order chi connectivity index (χ1) is 8.36. The highest BCUT2D eigenvalue weighted by Gasteiger charge is 2.04. The van der Waals surface area contributed by atoms with Crippen LogP contribution in [-0.2, 0) is 0 Å². The second-order valence-corrected chi connectivity index (χ2v) is 3.66. The van der Waals surface area contributed by atoms with Crippen molar-refractivity contribution in [3.8, 4) is 17.0 Å². The van der Waals surface area contributed by atoms with Gasteiger partial charge in [-0.3, -0.25) is 0 Å². The molecule has 2 aromatic heterocycles. The molecule has 0 fully saturated rings. The zero-order chi connectivity index (χ0) is 11.7. The maximum Gasteiger partial charge on any atom is 0.126 e. The van der Waals surface area contributed by atoms with Gasteiger partial charge in [0.15, 0.2) is 0 Å². The molecule has 0 aliphatic rings. The van der Waals surface area contributed by atoms with Crippen LogP contribution in [-0.4, -0.2) is 22.3 Å². The van der Waals surface area contributed by atoms with Crippen molar-refractivity contribution in [3.05, 3.63) is 42.6 Å². The van der Waals surface area contributed by atoms with Gasteiger partial charge in [0.2, 0.25) is 0 Å². The van der Waals surface area contributed by atoms with Crippen molar-refractivity contribution in [3.63, 3.8) is 0 Å². The Kier molecular flexibility index (Phi) is 2.26. The molecule has 0 saturated carbocycles. The van der Waals surface area contributed by atoms with E-state index in [-0.39, 0.29) is 0 Å². The van der Waals surface area contributed by atoms with Crippen molar-refractivity contribution >= 4 is 11.0 Å². The molecule has 0 aliphatic heterocycles. The number of aromatic nitrogens is 3. The summed E-state index contributed by atoms with van der Waals surface area (Å²) >= 11 is 0. The van der Waals surface area contributed by atoms with Crippen LogP contribution in [0.5, 0.6) is 5.75 Å². The Morgan fingerprint density at radius 1 is 1.29 bits per heavy atom. The molecule has 1 radical (unpaired) electrons. The maximum atomic E-state index is 5.08. The molecule has 4 heteroatoms. The number of ether oxygens (including phenoxy) is 1. The first-order valence-corrected chi connectivity index (χ1v) is 5.23. The summed E-state index contributed by atoms with van der Waals surface area (Å²) in [5.41, 5.74) is 3.88. The summed E-state index contributed by atoms with van der Waals surface area (Å²) < 4.78 is 5.08. The first kappa shape index (κ1) is 9.84. The average molecular weight is 224 g/mol. The Morgan fingerprint density at radius 3 is 2.94 bits per heavy atom. The van der Waals surface area contributed by atoms with Gasteiger partial charge in [-0.05, 0) is 35.9 Å². The van der Waals surface area contributed by atoms with Gasteiger partial charge in [-0.1, -0.05) is 0 Å². The number of nitrogens with zero attached hydrogens (tertiary/aromatic N) is 2. The van der Waals surface area contributed by atoms with E-state index in [9.17, 15) is 0 Å². The Balaban J connectivity index is 2.07. The summed E-state index contributed by atoms with van der Waals surface area (Å²) in [5.74, 6) is 0.727. The van der Waals surface area contributed by atoms with Crippen molar-refractivity contribution < 1.29 is 4.74 Å². The molecule has 2 heterocycles. The minimum atomic E-state index is 0.727. The molecule has 1 aromatic carbocycles. The molecular formula is C13H10N3O. The Bertz CT molecular complexity index is 610. The lowest BCUT2D eigenvalue weighted by Gasteiger charge is -2.00. The third-order valence-corrected chi connectivity index (χ3v) is 2.61. The fourth-order valence-corrected chi connectivity index (χ4v) is 1.73. The molecule has 0 atom stereocenters. The van der Waals surface area contributed by atoms with Crippen LogP contribution in [0, 0.1) is 6.07 Å². The van der Waals surface area contributed by atoms with E-state index in [0.717, 1.165) is 28.0 Å². The summed E-state index contributed by atoms with van der Waals surface area (Å²) in [6.07, 6.45) is 1.67. The highest BCUT2D eigenvalue weighted by molar-refractivity contribution is 5.81. The van der Waals surface area contributed by atoms with Gasteiger partial charge in [-0.15, -0.1) is 5.10 Å². The Morgan fingerprint density at radius 2 is 2.24 bits per heavy atom. The van der Waals surface area contributed by atoms with Crippen LogP contribution < -0.4 is 4.74 Å². The van der Waals surface area contributed by atoms with E-state index in [1.807, 2.05) is 30.3 Å². The van der Waals surface area contributed by atoms with Crippen molar-refractivity contribution in [2.75, 3.05) is 7.11 Å². The van der Waals surface area contributed by atoms with Gasteiger partial charge >= 0.3 is 0 Å². The molecule has 0 aliphatic carbocycles. The largest absolute Gasteiger partial charge is 0.496 e. The lowest BCUT2D eigenvalue weighted by atomic mass is 10.1. The number of rotatable bonds is 2. The second-order valence-electron chi connectivity index (χ2n) is 3.66. The number of benzene rings is 1. The van der Waals surface area contributed by atoms with Crippen LogP contribution in [0.4, 0.5) is 0 Å². The highest BCUT2D eigenvalue weighted by atomic mass is 16.5. The van der Waals surface area contributed by atoms with Crippen LogP contribution in [0.1, 0.15) is 0 Å². The second kappa shape index (κ2) is 3.90. The molecule has 17 heavy (non-hydrogen) atoms. The van der Waals surface area contributed by atoms with Crippen molar-refractivity contribution in [1.82, 2.24) is 15.2 Å². The topological polar surface area (TPSA) is 50.8 Å². The van der Waals surface area contributed by atoms with Crippen LogP contribution >= 0.6 is 0 Å². The van der Waals surface area contributed by atoms with Crippen molar-refractivity contribution in [1.29, 1.82) is 0 Å². The standard InChI is InChI=1S/C13H10N3O/c1-17-10-4-2-9(3-5-10)12-8-13-11(15-12)6-7-14-16-13/h2-4,6-8,15H,1H3. The smallest absolute Gasteiger partial charge is 0.126 e. The molecule has 83 valence electrons. The summed E-state index contributed by atoms with van der Waals surface area (Å²) in [6, 6.07) is 12.7. The molecule has 0 unspecified atom stereocenters. The summed E-state index contributed by atoms with van der Waals surface area (Å²) in [7, 11) is 1.63. The Labute approximate surface area is 98.3 Å². The molecule has 4 nitrogen and oxygen atoms in total. The molecule has 3 aromatic rings. The molecule has 0 saturated heterocycles. The molecular weight excluding hydrogens is 214 g/mol. The number of hydrogen-bond donors (Lipinski definition) is 1. The predicted molar refractivity (Wildman–Crippen MR) is 64.7 cm³/mol. The molecule has 0 bridgehead atoms. The molecule has 3 rings (SSSR count). The van der Waals surface area contributed by atoms with Crippen LogP contribution in [0.25, 0.3) is 22.3 Å². The predicted octanol–water partition coefficient (Wildman–Crippen LogP) is 2.43. The van der Waals surface area contributed by atoms with E-state index in [1.54, 1.807) is 13.3 Å². The van der Waals surface area contributed by atoms with Gasteiger partial charge in [-0.25, -0.2) is 0 Å². The minimum Gasteiger partial charge on any atom is -0.496 e. The highest BCUT2D eigenvalue weighted by Crippen LogP contribution is 2.23. The quantitative estimate of drug-likeness (QED) is 0.727. The van der Waals surface area contributed by atoms with Gasteiger partial charge in [-0.2, -0.15) is 5.10 Å². The van der Waals surface area contributed by atoms with Gasteiger partial charge < -0.3 is 9.72 Å². The third kappa shape index (κ3) is 1.73. The SMILES string of the molecule is COc1[c]cc(-c2cc3nnccc3[nH]2)cc1. The lowest BCUT2D eigenvalue weighted by Crippen LogP contribution is -1.83. The van der Waals surface area contributed by atoms with Crippen LogP contribution in [0.15, 0.2) is 36.5 Å². The number of fused-ring (bicyclic) bond motifs is 1. The molecule has 1 N–H and O–H groups in total. The maximum absolute atomic E-state index is 5.08. The number of nitrogens with one attached hydrogen (secondary N) is 1. The van der Waals surface area contributed by atoms with E-state index in [1.165, 1.54) is 0 Å². The van der Waals surface area contributed by atoms with Gasteiger partial charge in [0.25, 0.3) is 0 Å². The fraction of sp³-hybridized carbons (Fsp3) is 0.0769. The Hall–Kier alpha value is -2.36. The molecule has 0 spiro atoms. The third-order valence-electron chi connectivity index (χ3n) is 2.61. The van der Waals surface area contributed by atoms with E-state index in [0.29, 0.717) is 0 Å². The average Bonchev–Trinajstić information content (AvgIpc) is 2.82. The fourth-order valence-electron chi connectivity index (χ4n) is 1.73. The van der Waals surface area contributed by atoms with E-state index in [2.05, 4.69) is 21.2 Å². The molecule has 0 amide bonds. The zero-order valence-electron chi connectivity index (χ0n) is 9.27. The van der Waals surface area contributed by atoms with Gasteiger partial charge in [0, 0.05) is 11.8 Å². The number of methoxy groups -OCH3 is 1. The minimum absolute atomic E-state index is 0.727. The summed E-state index contributed by atoms with van der Waals surface area (Å²) in [6.45, 7) is 0. The number of aromatic amines is 1. The van der Waals surface area contributed by atoms with Crippen molar-refractivity contribution in [2.24, 2.45) is 0 Å². The van der Waals surface area contributed by atoms with E-state index < -0.39 is 0 Å². The first-order valence-electron chi connectivity index (χ1n) is 5.23. The number of H-pyrrole nitrogens is 1. The van der Waals surface area contributed by atoms with Crippen LogP contribution in [0.3, 0.4) is 0 Å². The summed E-state index contributed by atoms with van der Waals surface area (Å²) in [4.78, 5) is 3.29. The van der Waals surface area contributed by atoms with Gasteiger partial charge in [0.1, 0.15) is 11.3 Å². The zero-order valence-corrected chi connectivity index (χ0v) is 9.27. The van der Waals surface area contributed by atoms with E-state index in [4.69, 9.17) is 4.74 Å². The monoisotopic (exact) mass is 224 g/mol. The van der Waals surface area contributed by atoms with Gasteiger partial charge in [0.05, 0.1) is 18.8 Å². The number of hydrogen-bond acceptors (Lipinski definition) is 3. The summed E-state index contributed by atoms with van der Waals surface area (Å²) in [5, 5.41) is 7.89. The normalized spacial score (nSPS) is 10.6. The van der Waals surface area contributed by atoms with Crippen LogP contribution in [0.2, 0.25) is 0 Å². The van der Waals surface area contributed by atoms with Crippen molar-refractivity contribution in [2.45, 2.75) is 0 Å².